The Balaban J connectivity index is 1.43. The van der Waals surface area contributed by atoms with Crippen LogP contribution in [0, 0.1) is 0 Å². The van der Waals surface area contributed by atoms with Gasteiger partial charge in [0.25, 0.3) is 0 Å². The van der Waals surface area contributed by atoms with Crippen molar-refractivity contribution in [3.8, 4) is 0 Å². The molecule has 2 amide bonds. The van der Waals surface area contributed by atoms with Crippen molar-refractivity contribution in [2.75, 3.05) is 59.0 Å². The third kappa shape index (κ3) is 3.36. The van der Waals surface area contributed by atoms with Gasteiger partial charge in [0.1, 0.15) is 0 Å². The Kier molecular flexibility index (Phi) is 4.14. The van der Waals surface area contributed by atoms with E-state index in [1.54, 1.807) is 0 Å². The summed E-state index contributed by atoms with van der Waals surface area (Å²) in [6, 6.07) is 0. The highest BCUT2D eigenvalue weighted by atomic mass is 16.5. The van der Waals surface area contributed by atoms with E-state index < -0.39 is 5.54 Å². The van der Waals surface area contributed by atoms with Gasteiger partial charge in [0.15, 0.2) is 0 Å². The number of hydrogen-bond acceptors (Lipinski definition) is 5. The Hall–Kier alpha value is -1.18. The van der Waals surface area contributed by atoms with Crippen LogP contribution in [-0.4, -0.2) is 91.1 Å². The molecule has 2 saturated heterocycles. The van der Waals surface area contributed by atoms with E-state index in [0.29, 0.717) is 45.9 Å². The van der Waals surface area contributed by atoms with E-state index >= 15 is 0 Å². The van der Waals surface area contributed by atoms with Gasteiger partial charge in [0.05, 0.1) is 25.3 Å². The third-order valence-electron chi connectivity index (χ3n) is 4.60. The minimum Gasteiger partial charge on any atom is -0.378 e. The van der Waals surface area contributed by atoms with Crippen molar-refractivity contribution in [3.05, 3.63) is 0 Å². The molecule has 1 aliphatic carbocycles. The second kappa shape index (κ2) is 5.90. The van der Waals surface area contributed by atoms with E-state index in [0.717, 1.165) is 25.9 Å². The average Bonchev–Trinajstić information content (AvgIpc) is 3.27. The number of amides is 2. The van der Waals surface area contributed by atoms with Gasteiger partial charge in [0.2, 0.25) is 11.8 Å². The maximum Gasteiger partial charge on any atom is 0.242 e. The van der Waals surface area contributed by atoms with E-state index in [-0.39, 0.29) is 11.8 Å². The van der Waals surface area contributed by atoms with Gasteiger partial charge in [-0.05, 0) is 12.8 Å². The largest absolute Gasteiger partial charge is 0.378 e. The lowest BCUT2D eigenvalue weighted by Crippen LogP contribution is -2.56. The van der Waals surface area contributed by atoms with Crippen LogP contribution in [0.1, 0.15) is 12.8 Å². The highest BCUT2D eigenvalue weighted by Crippen LogP contribution is 2.34. The fourth-order valence-electron chi connectivity index (χ4n) is 2.88. The second-order valence-corrected chi connectivity index (χ2v) is 6.22. The van der Waals surface area contributed by atoms with Crippen molar-refractivity contribution in [1.29, 1.82) is 0 Å². The van der Waals surface area contributed by atoms with Gasteiger partial charge in [-0.3, -0.25) is 14.5 Å². The topological polar surface area (TPSA) is 79.1 Å². The number of piperazine rings is 1. The van der Waals surface area contributed by atoms with Crippen LogP contribution in [0.2, 0.25) is 0 Å². The zero-order chi connectivity index (χ0) is 14.9. The first kappa shape index (κ1) is 14.7. The van der Waals surface area contributed by atoms with Gasteiger partial charge < -0.3 is 20.3 Å². The third-order valence-corrected chi connectivity index (χ3v) is 4.60. The molecule has 0 aromatic carbocycles. The molecule has 118 valence electrons. The SMILES string of the molecule is NC1(C(=O)N2CCN(CC(=O)N3CCOCC3)CC2)CC1. The summed E-state index contributed by atoms with van der Waals surface area (Å²) in [5, 5.41) is 0. The lowest BCUT2D eigenvalue weighted by molar-refractivity contribution is -0.138. The summed E-state index contributed by atoms with van der Waals surface area (Å²) in [6.07, 6.45) is 1.61. The highest BCUT2D eigenvalue weighted by Gasteiger charge is 2.48. The highest BCUT2D eigenvalue weighted by molar-refractivity contribution is 5.89. The number of rotatable bonds is 3. The Labute approximate surface area is 125 Å². The van der Waals surface area contributed by atoms with Crippen LogP contribution in [0.25, 0.3) is 0 Å². The number of ether oxygens (including phenoxy) is 1. The summed E-state index contributed by atoms with van der Waals surface area (Å²) < 4.78 is 5.25. The molecule has 0 aromatic rings. The van der Waals surface area contributed by atoms with Crippen LogP contribution in [0.15, 0.2) is 0 Å². The van der Waals surface area contributed by atoms with E-state index in [1.807, 2.05) is 9.80 Å². The smallest absolute Gasteiger partial charge is 0.242 e. The lowest BCUT2D eigenvalue weighted by Gasteiger charge is -2.37. The molecule has 1 saturated carbocycles. The molecular formula is C14H24N4O3. The molecule has 0 atom stereocenters. The van der Waals surface area contributed by atoms with Crippen LogP contribution in [0.4, 0.5) is 0 Å². The molecular weight excluding hydrogens is 272 g/mol. The predicted octanol–water partition coefficient (Wildman–Crippen LogP) is -1.52. The van der Waals surface area contributed by atoms with E-state index in [9.17, 15) is 9.59 Å². The van der Waals surface area contributed by atoms with Crippen molar-refractivity contribution in [3.63, 3.8) is 0 Å². The molecule has 7 nitrogen and oxygen atoms in total. The lowest BCUT2D eigenvalue weighted by atomic mass is 10.2. The van der Waals surface area contributed by atoms with Gasteiger partial charge >= 0.3 is 0 Å². The van der Waals surface area contributed by atoms with E-state index in [4.69, 9.17) is 10.5 Å². The van der Waals surface area contributed by atoms with Crippen molar-refractivity contribution in [1.82, 2.24) is 14.7 Å². The molecule has 3 fully saturated rings. The van der Waals surface area contributed by atoms with Crippen molar-refractivity contribution in [2.45, 2.75) is 18.4 Å². The molecule has 2 aliphatic heterocycles. The fraction of sp³-hybridized carbons (Fsp3) is 0.857. The Morgan fingerprint density at radius 2 is 1.57 bits per heavy atom. The fourth-order valence-corrected chi connectivity index (χ4v) is 2.88. The first-order valence-electron chi connectivity index (χ1n) is 7.75. The molecule has 0 radical (unpaired) electrons. The molecule has 21 heavy (non-hydrogen) atoms. The molecule has 3 aliphatic rings. The molecule has 0 unspecified atom stereocenters. The van der Waals surface area contributed by atoms with Crippen LogP contribution in [-0.2, 0) is 14.3 Å². The summed E-state index contributed by atoms with van der Waals surface area (Å²) in [6.45, 7) is 5.92. The summed E-state index contributed by atoms with van der Waals surface area (Å²) in [5.41, 5.74) is 5.38. The summed E-state index contributed by atoms with van der Waals surface area (Å²) >= 11 is 0. The van der Waals surface area contributed by atoms with Gasteiger partial charge in [-0.1, -0.05) is 0 Å². The predicted molar refractivity (Wildman–Crippen MR) is 76.6 cm³/mol. The number of morpholine rings is 1. The maximum absolute atomic E-state index is 12.2. The summed E-state index contributed by atoms with van der Waals surface area (Å²) in [7, 11) is 0. The monoisotopic (exact) mass is 296 g/mol. The normalized spacial score (nSPS) is 25.8. The maximum atomic E-state index is 12.2. The molecule has 0 aromatic heterocycles. The van der Waals surface area contributed by atoms with Gasteiger partial charge in [-0.15, -0.1) is 0 Å². The molecule has 3 rings (SSSR count). The molecule has 0 spiro atoms. The number of carbonyl (C=O) groups is 2. The number of nitrogens with zero attached hydrogens (tertiary/aromatic N) is 3. The second-order valence-electron chi connectivity index (χ2n) is 6.22. The minimum atomic E-state index is -0.578. The van der Waals surface area contributed by atoms with Gasteiger partial charge in [-0.2, -0.15) is 0 Å². The zero-order valence-corrected chi connectivity index (χ0v) is 12.4. The van der Waals surface area contributed by atoms with E-state index in [1.165, 1.54) is 0 Å². The van der Waals surface area contributed by atoms with Crippen molar-refractivity contribution in [2.24, 2.45) is 5.73 Å². The first-order valence-corrected chi connectivity index (χ1v) is 7.75. The van der Waals surface area contributed by atoms with Gasteiger partial charge in [0, 0.05) is 39.3 Å². The van der Waals surface area contributed by atoms with E-state index in [2.05, 4.69) is 4.90 Å². The summed E-state index contributed by atoms with van der Waals surface area (Å²) in [5.74, 6) is 0.247. The number of carbonyl (C=O) groups excluding carboxylic acids is 2. The zero-order valence-electron chi connectivity index (χ0n) is 12.4. The van der Waals surface area contributed by atoms with Crippen molar-refractivity contribution < 1.29 is 14.3 Å². The Morgan fingerprint density at radius 3 is 2.14 bits per heavy atom. The van der Waals surface area contributed by atoms with Crippen LogP contribution >= 0.6 is 0 Å². The number of hydrogen-bond donors (Lipinski definition) is 1. The molecule has 2 heterocycles. The minimum absolute atomic E-state index is 0.0849. The Bertz CT molecular complexity index is 410. The van der Waals surface area contributed by atoms with Crippen molar-refractivity contribution >= 4 is 11.8 Å². The number of nitrogens with two attached hydrogens (primary N) is 1. The molecule has 0 bridgehead atoms. The quantitative estimate of drug-likeness (QED) is 0.684. The Morgan fingerprint density at radius 1 is 0.952 bits per heavy atom. The standard InChI is InChI=1S/C14H24N4O3/c15-14(1-2-14)13(20)18-5-3-16(4-6-18)11-12(19)17-7-9-21-10-8-17/h1-11,15H2. The molecule has 7 heteroatoms. The first-order chi connectivity index (χ1) is 10.1. The molecule has 2 N–H and O–H groups in total. The average molecular weight is 296 g/mol. The summed E-state index contributed by atoms with van der Waals surface area (Å²) in [4.78, 5) is 30.2. The van der Waals surface area contributed by atoms with Gasteiger partial charge in [-0.25, -0.2) is 0 Å². The van der Waals surface area contributed by atoms with Crippen LogP contribution in [0.5, 0.6) is 0 Å². The van der Waals surface area contributed by atoms with Crippen LogP contribution < -0.4 is 5.73 Å². The van der Waals surface area contributed by atoms with Crippen LogP contribution in [0.3, 0.4) is 0 Å².